The van der Waals surface area contributed by atoms with E-state index in [1.165, 1.54) is 48.5 Å². The molecular formula is C17H16ClFN2O5S. The first-order chi connectivity index (χ1) is 12.8. The van der Waals surface area contributed by atoms with Gasteiger partial charge in [-0.1, -0.05) is 11.6 Å². The fourth-order valence-corrected chi connectivity index (χ4v) is 3.27. The van der Waals surface area contributed by atoms with E-state index in [1.807, 2.05) is 0 Å². The van der Waals surface area contributed by atoms with Gasteiger partial charge in [-0.15, -0.1) is 0 Å². The van der Waals surface area contributed by atoms with E-state index in [-0.39, 0.29) is 17.1 Å². The van der Waals surface area contributed by atoms with Gasteiger partial charge in [0.1, 0.15) is 11.6 Å². The largest absolute Gasteiger partial charge is 0.484 e. The van der Waals surface area contributed by atoms with Crippen molar-refractivity contribution in [2.24, 2.45) is 0 Å². The normalized spacial score (nSPS) is 10.9. The van der Waals surface area contributed by atoms with Crippen LogP contribution >= 0.6 is 11.6 Å². The Bertz CT molecular complexity index is 902. The molecule has 0 heterocycles. The molecule has 0 fully saturated rings. The first-order valence-electron chi connectivity index (χ1n) is 7.70. The molecule has 0 aliphatic carbocycles. The second kappa shape index (κ2) is 9.33. The number of rotatable bonds is 7. The molecule has 0 aromatic heterocycles. The molecule has 2 N–H and O–H groups in total. The number of amides is 2. The number of benzene rings is 2. The van der Waals surface area contributed by atoms with Crippen LogP contribution in [0.2, 0.25) is 5.02 Å². The lowest BCUT2D eigenvalue weighted by molar-refractivity contribution is -0.129. The lowest BCUT2D eigenvalue weighted by atomic mass is 10.3. The maximum atomic E-state index is 12.7. The summed E-state index contributed by atoms with van der Waals surface area (Å²) in [6, 6.07) is 10.6. The summed E-state index contributed by atoms with van der Waals surface area (Å²) in [6.07, 6.45) is -0.343. The molecular weight excluding hydrogens is 399 g/mol. The van der Waals surface area contributed by atoms with Gasteiger partial charge in [-0.25, -0.2) is 12.8 Å². The molecule has 0 aliphatic heterocycles. The SMILES string of the molecule is O=C(CCS(=O)(=O)c1ccc(Cl)cc1)NNC(=O)COc1ccc(F)cc1. The number of carbonyl (C=O) groups is 2. The van der Waals surface area contributed by atoms with Crippen molar-refractivity contribution in [3.8, 4) is 5.75 Å². The van der Waals surface area contributed by atoms with E-state index in [1.54, 1.807) is 0 Å². The Kier molecular flexibility index (Phi) is 7.14. The molecule has 0 atom stereocenters. The minimum Gasteiger partial charge on any atom is -0.484 e. The van der Waals surface area contributed by atoms with Gasteiger partial charge in [0.15, 0.2) is 16.4 Å². The Balaban J connectivity index is 1.72. The van der Waals surface area contributed by atoms with E-state index < -0.39 is 39.8 Å². The molecule has 0 bridgehead atoms. The monoisotopic (exact) mass is 414 g/mol. The molecule has 2 rings (SSSR count). The van der Waals surface area contributed by atoms with Gasteiger partial charge in [0, 0.05) is 11.4 Å². The summed E-state index contributed by atoms with van der Waals surface area (Å²) in [5, 5.41) is 0.400. The second-order valence-electron chi connectivity index (χ2n) is 5.36. The van der Waals surface area contributed by atoms with Crippen molar-refractivity contribution in [1.29, 1.82) is 0 Å². The van der Waals surface area contributed by atoms with Crippen molar-refractivity contribution >= 4 is 33.3 Å². The van der Waals surface area contributed by atoms with Crippen LogP contribution in [-0.2, 0) is 19.4 Å². The number of hydrazine groups is 1. The van der Waals surface area contributed by atoms with Crippen molar-refractivity contribution in [2.75, 3.05) is 12.4 Å². The molecule has 7 nitrogen and oxygen atoms in total. The first kappa shape index (κ1) is 20.7. The Labute approximate surface area is 160 Å². The summed E-state index contributed by atoms with van der Waals surface area (Å²) in [5.74, 6) is -1.92. The standard InChI is InChI=1S/C17H16ClFN2O5S/c18-12-1-7-15(8-2-12)27(24,25)10-9-16(22)20-21-17(23)11-26-14-5-3-13(19)4-6-14/h1-8H,9-11H2,(H,20,22)(H,21,23). The lowest BCUT2D eigenvalue weighted by Gasteiger charge is -2.09. The number of hydrogen-bond donors (Lipinski definition) is 2. The number of hydrogen-bond acceptors (Lipinski definition) is 5. The van der Waals surface area contributed by atoms with E-state index in [0.717, 1.165) is 0 Å². The Hall–Kier alpha value is -2.65. The highest BCUT2D eigenvalue weighted by Crippen LogP contribution is 2.16. The topological polar surface area (TPSA) is 102 Å². The van der Waals surface area contributed by atoms with Gasteiger partial charge in [-0.3, -0.25) is 20.4 Å². The van der Waals surface area contributed by atoms with Crippen molar-refractivity contribution < 1.29 is 27.1 Å². The van der Waals surface area contributed by atoms with E-state index in [0.29, 0.717) is 5.02 Å². The molecule has 0 saturated heterocycles. The molecule has 10 heteroatoms. The predicted molar refractivity (Wildman–Crippen MR) is 96.3 cm³/mol. The Morgan fingerprint density at radius 1 is 0.963 bits per heavy atom. The minimum atomic E-state index is -3.65. The number of carbonyl (C=O) groups excluding carboxylic acids is 2. The summed E-state index contributed by atoms with van der Waals surface area (Å²) >= 11 is 5.71. The Morgan fingerprint density at radius 3 is 2.19 bits per heavy atom. The van der Waals surface area contributed by atoms with Crippen molar-refractivity contribution in [2.45, 2.75) is 11.3 Å². The third-order valence-corrected chi connectivity index (χ3v) is 5.28. The quantitative estimate of drug-likeness (QED) is 0.673. The third kappa shape index (κ3) is 6.87. The second-order valence-corrected chi connectivity index (χ2v) is 7.91. The van der Waals surface area contributed by atoms with E-state index in [9.17, 15) is 22.4 Å². The smallest absolute Gasteiger partial charge is 0.276 e. The molecule has 2 amide bonds. The molecule has 0 saturated carbocycles. The summed E-state index contributed by atoms with van der Waals surface area (Å²) in [4.78, 5) is 23.3. The highest BCUT2D eigenvalue weighted by atomic mass is 35.5. The summed E-state index contributed by atoms with van der Waals surface area (Å²) in [5.41, 5.74) is 4.19. The number of nitrogens with one attached hydrogen (secondary N) is 2. The van der Waals surface area contributed by atoms with Crippen LogP contribution < -0.4 is 15.6 Å². The van der Waals surface area contributed by atoms with Gasteiger partial charge in [0.2, 0.25) is 5.91 Å². The molecule has 2 aromatic rings. The van der Waals surface area contributed by atoms with Gasteiger partial charge in [0.25, 0.3) is 5.91 Å². The van der Waals surface area contributed by atoms with Crippen LogP contribution in [0.25, 0.3) is 0 Å². The van der Waals surface area contributed by atoms with Crippen LogP contribution in [0.1, 0.15) is 6.42 Å². The first-order valence-corrected chi connectivity index (χ1v) is 9.74. The maximum absolute atomic E-state index is 12.7. The molecule has 0 unspecified atom stereocenters. The molecule has 0 spiro atoms. The summed E-state index contributed by atoms with van der Waals surface area (Å²) < 4.78 is 42.1. The van der Waals surface area contributed by atoms with Gasteiger partial charge in [-0.2, -0.15) is 0 Å². The van der Waals surface area contributed by atoms with E-state index >= 15 is 0 Å². The number of ether oxygens (including phenoxy) is 1. The molecule has 144 valence electrons. The van der Waals surface area contributed by atoms with Gasteiger partial charge in [0.05, 0.1) is 10.6 Å². The third-order valence-electron chi connectivity index (χ3n) is 3.30. The fourth-order valence-electron chi connectivity index (χ4n) is 1.90. The van der Waals surface area contributed by atoms with Gasteiger partial charge >= 0.3 is 0 Å². The van der Waals surface area contributed by atoms with Crippen LogP contribution in [-0.4, -0.2) is 32.6 Å². The van der Waals surface area contributed by atoms with Crippen LogP contribution in [0.5, 0.6) is 5.75 Å². The maximum Gasteiger partial charge on any atom is 0.276 e. The molecule has 0 radical (unpaired) electrons. The average Bonchev–Trinajstić information content (AvgIpc) is 2.64. The fraction of sp³-hybridized carbons (Fsp3) is 0.176. The summed E-state index contributed by atoms with van der Waals surface area (Å²) in [7, 11) is -3.65. The zero-order valence-corrected chi connectivity index (χ0v) is 15.5. The molecule has 0 aliphatic rings. The average molecular weight is 415 g/mol. The van der Waals surface area contributed by atoms with Crippen LogP contribution in [0.4, 0.5) is 4.39 Å². The van der Waals surface area contributed by atoms with Crippen molar-refractivity contribution in [3.63, 3.8) is 0 Å². The van der Waals surface area contributed by atoms with E-state index in [2.05, 4.69) is 10.9 Å². The van der Waals surface area contributed by atoms with Crippen molar-refractivity contribution in [1.82, 2.24) is 10.9 Å². The van der Waals surface area contributed by atoms with Crippen LogP contribution in [0, 0.1) is 5.82 Å². The van der Waals surface area contributed by atoms with Crippen molar-refractivity contribution in [3.05, 3.63) is 59.4 Å². The number of halogens is 2. The zero-order chi connectivity index (χ0) is 19.9. The van der Waals surface area contributed by atoms with E-state index in [4.69, 9.17) is 16.3 Å². The highest BCUT2D eigenvalue weighted by Gasteiger charge is 2.16. The summed E-state index contributed by atoms with van der Waals surface area (Å²) in [6.45, 7) is -0.408. The molecule has 2 aromatic carbocycles. The van der Waals surface area contributed by atoms with Crippen LogP contribution in [0.3, 0.4) is 0 Å². The van der Waals surface area contributed by atoms with Gasteiger partial charge < -0.3 is 4.74 Å². The number of sulfone groups is 1. The lowest BCUT2D eigenvalue weighted by Crippen LogP contribution is -2.44. The van der Waals surface area contributed by atoms with Crippen LogP contribution in [0.15, 0.2) is 53.4 Å². The zero-order valence-electron chi connectivity index (χ0n) is 13.9. The van der Waals surface area contributed by atoms with Gasteiger partial charge in [-0.05, 0) is 48.5 Å². The molecule has 27 heavy (non-hydrogen) atoms. The predicted octanol–water partition coefficient (Wildman–Crippen LogP) is 1.87. The highest BCUT2D eigenvalue weighted by molar-refractivity contribution is 7.91. The Morgan fingerprint density at radius 2 is 1.56 bits per heavy atom. The minimum absolute atomic E-state index is 0.0523.